The molecule has 1 radical (unpaired) electrons. The fraction of sp³-hybridized carbons (Fsp3) is 0. The van der Waals surface area contributed by atoms with Crippen LogP contribution in [0.15, 0.2) is 0 Å². The second kappa shape index (κ2) is 75.0. The van der Waals surface area contributed by atoms with Gasteiger partial charge in [0.05, 0.1) is 0 Å². The van der Waals surface area contributed by atoms with Gasteiger partial charge in [0, 0.05) is 18.6 Å². The predicted molar refractivity (Wildman–Crippen MR) is 2.06 cm³/mol. The molecule has 6 heteroatoms. The fourth-order valence-corrected chi connectivity index (χ4v) is 0. The average molecular weight is 243 g/mol. The molecule has 6 heavy (non-hydrogen) atoms. The summed E-state index contributed by atoms with van der Waals surface area (Å²) in [7, 11) is 0. The first-order valence-electron chi connectivity index (χ1n) is 0.167. The second-order valence-electron chi connectivity index (χ2n) is 0. The van der Waals surface area contributed by atoms with Crippen molar-refractivity contribution in [1.29, 1.82) is 0 Å². The Morgan fingerprint density at radius 2 is 1.00 bits per heavy atom. The molecule has 33 valence electrons. The van der Waals surface area contributed by atoms with Gasteiger partial charge < -0.3 is 11.0 Å². The molecule has 0 amide bonds. The first kappa shape index (κ1) is 47.3. The van der Waals surface area contributed by atoms with Gasteiger partial charge in [0.25, 0.3) is 0 Å². The van der Waals surface area contributed by atoms with Crippen LogP contribution >= 0.6 is 0 Å². The number of rotatable bonds is 0. The second-order valence-corrected chi connectivity index (χ2v) is 0. The molecule has 0 aliphatic heterocycles. The van der Waals surface area contributed by atoms with Crippen LogP contribution < -0.4 is 0 Å². The van der Waals surface area contributed by atoms with Crippen molar-refractivity contribution < 1.29 is 74.4 Å². The molecule has 0 spiro atoms. The summed E-state index contributed by atoms with van der Waals surface area (Å²) in [5.41, 5.74) is 0. The normalized spacial score (nSPS) is 0.667. The minimum atomic E-state index is 0. The summed E-state index contributed by atoms with van der Waals surface area (Å²) in [4.78, 5) is 0. The first-order chi connectivity index (χ1) is 1.00. The van der Waals surface area contributed by atoms with E-state index < -0.39 is 0 Å². The van der Waals surface area contributed by atoms with E-state index in [2.05, 4.69) is 0 Å². The summed E-state index contributed by atoms with van der Waals surface area (Å²) in [6.07, 6.45) is 0. The largest absolute Gasteiger partial charge is 4.00 e. The molecule has 0 bridgehead atoms. The van der Waals surface area contributed by atoms with Gasteiger partial charge in [-0.2, -0.15) is 0 Å². The van der Waals surface area contributed by atoms with Gasteiger partial charge >= 0.3 is 44.9 Å². The van der Waals surface area contributed by atoms with E-state index in [1.807, 2.05) is 0 Å². The average Bonchev–Trinajstić information content (AvgIpc) is 1.00. The van der Waals surface area contributed by atoms with E-state index in [4.69, 9.17) is 3.40 Å². The standard InChI is InChI=1S/Mo.3O.Ti.V/q;;2*-2;+4;. The Labute approximate surface area is 73.8 Å². The van der Waals surface area contributed by atoms with Gasteiger partial charge in [0.2, 0.25) is 0 Å². The van der Waals surface area contributed by atoms with Gasteiger partial charge in [-0.25, -0.2) is 0 Å². The minimum Gasteiger partial charge on any atom is 0 e. The van der Waals surface area contributed by atoms with Crippen molar-refractivity contribution in [2.24, 2.45) is 0 Å². The Bertz CT molecular complexity index is 10.8. The maximum Gasteiger partial charge on any atom is 4.00 e. The van der Waals surface area contributed by atoms with Crippen LogP contribution in [0.2, 0.25) is 0 Å². The molecule has 0 N–H and O–H groups in total. The van der Waals surface area contributed by atoms with E-state index in [0.29, 0.717) is 19.8 Å². The zero-order valence-corrected chi connectivity index (χ0v) is 7.55. The van der Waals surface area contributed by atoms with E-state index in [1.54, 1.807) is 0 Å². The molecule has 0 saturated carbocycles. The molecule has 0 aliphatic carbocycles. The van der Waals surface area contributed by atoms with Crippen LogP contribution in [0, 0.1) is 0 Å². The maximum atomic E-state index is 8.26. The SMILES string of the molecule is [O-2].[O-2].[O]=[Mo].[Ti+4].[V]. The Morgan fingerprint density at radius 3 is 1.00 bits per heavy atom. The smallest absolute Gasteiger partial charge is 0 e. The summed E-state index contributed by atoms with van der Waals surface area (Å²) in [6, 6.07) is 0. The van der Waals surface area contributed by atoms with Crippen molar-refractivity contribution in [2.45, 2.75) is 0 Å². The van der Waals surface area contributed by atoms with Crippen molar-refractivity contribution in [2.75, 3.05) is 0 Å². The van der Waals surface area contributed by atoms with E-state index >= 15 is 0 Å². The Hall–Kier alpha value is 1.71. The summed E-state index contributed by atoms with van der Waals surface area (Å²) in [6.45, 7) is 0. The fourth-order valence-electron chi connectivity index (χ4n) is 0. The molecule has 0 aliphatic rings. The van der Waals surface area contributed by atoms with E-state index in [0.717, 1.165) is 0 Å². The Balaban J connectivity index is -0.000000000833. The molecule has 3 nitrogen and oxygen atoms in total. The third-order valence-electron chi connectivity index (χ3n) is 0. The molecule has 0 unspecified atom stereocenters. The molecule has 0 aromatic heterocycles. The minimum absolute atomic E-state index is 0. The monoisotopic (exact) mass is 245 g/mol. The van der Waals surface area contributed by atoms with Gasteiger partial charge in [-0.1, -0.05) is 0 Å². The van der Waals surface area contributed by atoms with Crippen LogP contribution in [0.4, 0.5) is 0 Å². The summed E-state index contributed by atoms with van der Waals surface area (Å²) in [5.74, 6) is 0. The molecule has 0 atom stereocenters. The predicted octanol–water partition coefficient (Wildman–Crippen LogP) is -0.364. The topological polar surface area (TPSA) is 74.1 Å². The van der Waals surface area contributed by atoms with Crippen LogP contribution in [0.3, 0.4) is 0 Å². The van der Waals surface area contributed by atoms with E-state index in [1.165, 1.54) is 0 Å². The van der Waals surface area contributed by atoms with Crippen LogP contribution in [0.25, 0.3) is 0 Å². The molecule has 0 fully saturated rings. The van der Waals surface area contributed by atoms with Crippen LogP contribution in [-0.2, 0) is 74.4 Å². The van der Waals surface area contributed by atoms with Crippen molar-refractivity contribution in [1.82, 2.24) is 0 Å². The van der Waals surface area contributed by atoms with Crippen LogP contribution in [0.5, 0.6) is 0 Å². The molecule has 0 rings (SSSR count). The number of hydrogen-bond acceptors (Lipinski definition) is 1. The van der Waals surface area contributed by atoms with Crippen molar-refractivity contribution in [3.8, 4) is 0 Å². The van der Waals surface area contributed by atoms with E-state index in [-0.39, 0.29) is 51.2 Å². The van der Waals surface area contributed by atoms with Crippen LogP contribution in [-0.4, -0.2) is 0 Å². The molecular weight excluding hydrogens is 243 g/mol. The quantitative estimate of drug-likeness (QED) is 0.535. The summed E-state index contributed by atoms with van der Waals surface area (Å²) >= 11 is 0.700. The van der Waals surface area contributed by atoms with Crippen molar-refractivity contribution >= 4 is 0 Å². The molecule has 0 aromatic carbocycles. The van der Waals surface area contributed by atoms with E-state index in [9.17, 15) is 0 Å². The van der Waals surface area contributed by atoms with Gasteiger partial charge in [-0.15, -0.1) is 0 Å². The van der Waals surface area contributed by atoms with Crippen molar-refractivity contribution in [3.05, 3.63) is 0 Å². The molecule has 0 saturated heterocycles. The zero-order chi connectivity index (χ0) is 2.00. The van der Waals surface area contributed by atoms with Gasteiger partial charge in [0.1, 0.15) is 0 Å². The third kappa shape index (κ3) is 43.4. The molecular formula is MoO3TiV. The van der Waals surface area contributed by atoms with Gasteiger partial charge in [-0.05, 0) is 0 Å². The van der Waals surface area contributed by atoms with Crippen LogP contribution in [0.1, 0.15) is 0 Å². The van der Waals surface area contributed by atoms with Gasteiger partial charge in [0.15, 0.2) is 0 Å². The maximum absolute atomic E-state index is 8.26. The van der Waals surface area contributed by atoms with Gasteiger partial charge in [-0.3, -0.25) is 0 Å². The van der Waals surface area contributed by atoms with Crippen molar-refractivity contribution in [3.63, 3.8) is 0 Å². The first-order valence-corrected chi connectivity index (χ1v) is 0.986. The summed E-state index contributed by atoms with van der Waals surface area (Å²) in [5, 5.41) is 0. The number of hydrogen-bond donors (Lipinski definition) is 0. The Morgan fingerprint density at radius 1 is 1.00 bits per heavy atom. The third-order valence-corrected chi connectivity index (χ3v) is 0. The molecule has 0 aromatic rings. The Kier molecular flexibility index (Phi) is 591. The zero-order valence-electron chi connectivity index (χ0n) is 2.58. The summed E-state index contributed by atoms with van der Waals surface area (Å²) < 4.78 is 8.26. The molecule has 0 heterocycles.